The van der Waals surface area contributed by atoms with Crippen LogP contribution in [0.3, 0.4) is 0 Å². The van der Waals surface area contributed by atoms with Crippen LogP contribution in [0.1, 0.15) is 27.7 Å². The molecule has 1 heterocycles. The molecule has 1 fully saturated rings. The molecule has 4 heteroatoms. The maximum Gasteiger partial charge on any atom is 0.257 e. The number of rotatable bonds is 2. The maximum atomic E-state index is 12.8. The Balaban J connectivity index is 2.37. The number of hydrogen-bond donors (Lipinski definition) is 0. The lowest BCUT2D eigenvalue weighted by Crippen LogP contribution is -2.54. The Labute approximate surface area is 91.2 Å². The van der Waals surface area contributed by atoms with Gasteiger partial charge in [0.25, 0.3) is 5.92 Å². The van der Waals surface area contributed by atoms with Crippen molar-refractivity contribution in [1.82, 2.24) is 9.80 Å². The fourth-order valence-corrected chi connectivity index (χ4v) is 1.97. The van der Waals surface area contributed by atoms with E-state index in [9.17, 15) is 8.78 Å². The Hall–Kier alpha value is -0.220. The Morgan fingerprint density at radius 2 is 1.40 bits per heavy atom. The molecule has 2 nitrogen and oxygen atoms in total. The van der Waals surface area contributed by atoms with Crippen LogP contribution in [0.4, 0.5) is 8.78 Å². The van der Waals surface area contributed by atoms with Crippen LogP contribution < -0.4 is 0 Å². The van der Waals surface area contributed by atoms with Crippen LogP contribution in [0, 0.1) is 0 Å². The fraction of sp³-hybridized carbons (Fsp3) is 1.00. The molecule has 15 heavy (non-hydrogen) atoms. The summed E-state index contributed by atoms with van der Waals surface area (Å²) in [6.07, 6.45) is 0. The lowest BCUT2D eigenvalue weighted by atomic mass is 10.0. The van der Waals surface area contributed by atoms with Crippen molar-refractivity contribution in [3.05, 3.63) is 0 Å². The number of nitrogens with zero attached hydrogens (tertiary/aromatic N) is 2. The van der Waals surface area contributed by atoms with E-state index in [1.807, 2.05) is 4.90 Å². The molecule has 0 aromatic rings. The quantitative estimate of drug-likeness (QED) is 0.703. The molecule has 0 saturated carbocycles. The zero-order valence-corrected chi connectivity index (χ0v) is 10.2. The van der Waals surface area contributed by atoms with E-state index in [4.69, 9.17) is 0 Å². The van der Waals surface area contributed by atoms with Crippen molar-refractivity contribution in [3.8, 4) is 0 Å². The largest absolute Gasteiger partial charge is 0.296 e. The van der Waals surface area contributed by atoms with E-state index in [1.54, 1.807) is 0 Å². The molecule has 0 aliphatic carbocycles. The van der Waals surface area contributed by atoms with Crippen molar-refractivity contribution in [2.24, 2.45) is 0 Å². The first-order valence-electron chi connectivity index (χ1n) is 5.54. The first-order valence-corrected chi connectivity index (χ1v) is 5.54. The minimum absolute atomic E-state index is 0.106. The molecule has 0 amide bonds. The van der Waals surface area contributed by atoms with Crippen LogP contribution in [-0.4, -0.2) is 54.0 Å². The van der Waals surface area contributed by atoms with Gasteiger partial charge in [-0.15, -0.1) is 0 Å². The van der Waals surface area contributed by atoms with Gasteiger partial charge in [0.05, 0.1) is 6.54 Å². The number of halogens is 2. The topological polar surface area (TPSA) is 6.48 Å². The van der Waals surface area contributed by atoms with E-state index >= 15 is 0 Å². The summed E-state index contributed by atoms with van der Waals surface area (Å²) >= 11 is 0. The van der Waals surface area contributed by atoms with Crippen LogP contribution in [0.25, 0.3) is 0 Å². The minimum Gasteiger partial charge on any atom is -0.296 e. The summed E-state index contributed by atoms with van der Waals surface area (Å²) in [5.74, 6) is -2.57. The molecule has 0 unspecified atom stereocenters. The number of alkyl halides is 2. The average molecular weight is 220 g/mol. The fourth-order valence-electron chi connectivity index (χ4n) is 1.97. The molecule has 1 aliphatic rings. The molecule has 0 atom stereocenters. The highest BCUT2D eigenvalue weighted by molar-refractivity contribution is 4.83. The minimum atomic E-state index is -2.57. The van der Waals surface area contributed by atoms with E-state index in [0.717, 1.165) is 33.1 Å². The van der Waals surface area contributed by atoms with Crippen molar-refractivity contribution >= 4 is 0 Å². The zero-order chi connectivity index (χ0) is 11.7. The van der Waals surface area contributed by atoms with Gasteiger partial charge in [-0.1, -0.05) is 0 Å². The zero-order valence-electron chi connectivity index (χ0n) is 10.2. The molecule has 0 aromatic carbocycles. The smallest absolute Gasteiger partial charge is 0.257 e. The van der Waals surface area contributed by atoms with Crippen molar-refractivity contribution in [1.29, 1.82) is 0 Å². The highest BCUT2D eigenvalue weighted by Gasteiger charge is 2.30. The van der Waals surface area contributed by atoms with Gasteiger partial charge < -0.3 is 0 Å². The maximum absolute atomic E-state index is 12.8. The van der Waals surface area contributed by atoms with E-state index in [1.165, 1.54) is 0 Å². The van der Waals surface area contributed by atoms with E-state index in [-0.39, 0.29) is 12.1 Å². The monoisotopic (exact) mass is 220 g/mol. The van der Waals surface area contributed by atoms with Gasteiger partial charge in [0, 0.05) is 38.6 Å². The summed E-state index contributed by atoms with van der Waals surface area (Å²) in [5, 5.41) is 0. The molecule has 0 bridgehead atoms. The van der Waals surface area contributed by atoms with Crippen molar-refractivity contribution in [2.45, 2.75) is 39.2 Å². The Morgan fingerprint density at radius 1 is 0.933 bits per heavy atom. The molecule has 0 spiro atoms. The summed E-state index contributed by atoms with van der Waals surface area (Å²) in [5.41, 5.74) is 0.154. The average Bonchev–Trinajstić information content (AvgIpc) is 2.00. The third-order valence-electron chi connectivity index (χ3n) is 2.82. The van der Waals surface area contributed by atoms with Gasteiger partial charge in [-0.2, -0.15) is 0 Å². The van der Waals surface area contributed by atoms with Gasteiger partial charge >= 0.3 is 0 Å². The summed E-state index contributed by atoms with van der Waals surface area (Å²) in [4.78, 5) is 4.19. The number of piperazine rings is 1. The second kappa shape index (κ2) is 4.34. The Morgan fingerprint density at radius 3 is 1.73 bits per heavy atom. The normalized spacial score (nSPS) is 22.0. The molecule has 90 valence electrons. The van der Waals surface area contributed by atoms with Crippen LogP contribution in [0.15, 0.2) is 0 Å². The third-order valence-corrected chi connectivity index (χ3v) is 2.82. The van der Waals surface area contributed by atoms with Gasteiger partial charge in [-0.25, -0.2) is 8.78 Å². The van der Waals surface area contributed by atoms with Crippen LogP contribution in [0.2, 0.25) is 0 Å². The van der Waals surface area contributed by atoms with Gasteiger partial charge in [-0.05, 0) is 20.8 Å². The van der Waals surface area contributed by atoms with Crippen molar-refractivity contribution in [3.63, 3.8) is 0 Å². The van der Waals surface area contributed by atoms with E-state index in [2.05, 4.69) is 25.7 Å². The number of hydrogen-bond acceptors (Lipinski definition) is 2. The van der Waals surface area contributed by atoms with Crippen molar-refractivity contribution in [2.75, 3.05) is 32.7 Å². The SMILES string of the molecule is CC(F)(F)CN1CCN(C(C)(C)C)CC1. The highest BCUT2D eigenvalue weighted by Crippen LogP contribution is 2.19. The van der Waals surface area contributed by atoms with Gasteiger partial charge in [0.1, 0.15) is 0 Å². The Kier molecular flexibility index (Phi) is 3.71. The second-order valence-corrected chi connectivity index (χ2v) is 5.50. The predicted molar refractivity (Wildman–Crippen MR) is 58.4 cm³/mol. The molecule has 1 saturated heterocycles. The molecule has 0 N–H and O–H groups in total. The highest BCUT2D eigenvalue weighted by atomic mass is 19.3. The molecule has 1 rings (SSSR count). The predicted octanol–water partition coefficient (Wildman–Crippen LogP) is 2.06. The van der Waals surface area contributed by atoms with E-state index in [0.29, 0.717) is 0 Å². The van der Waals surface area contributed by atoms with Crippen LogP contribution in [-0.2, 0) is 0 Å². The van der Waals surface area contributed by atoms with Gasteiger partial charge in [0.15, 0.2) is 0 Å². The van der Waals surface area contributed by atoms with Gasteiger partial charge in [0.2, 0.25) is 0 Å². The first-order chi connectivity index (χ1) is 6.68. The summed E-state index contributed by atoms with van der Waals surface area (Å²) < 4.78 is 25.6. The molecule has 0 aromatic heterocycles. The summed E-state index contributed by atoms with van der Waals surface area (Å²) in [6.45, 7) is 10.7. The third kappa shape index (κ3) is 4.43. The van der Waals surface area contributed by atoms with Gasteiger partial charge in [-0.3, -0.25) is 9.80 Å². The molecule has 1 aliphatic heterocycles. The second-order valence-electron chi connectivity index (χ2n) is 5.50. The lowest BCUT2D eigenvalue weighted by molar-refractivity contribution is -0.0338. The first kappa shape index (κ1) is 12.8. The summed E-state index contributed by atoms with van der Waals surface area (Å²) in [6, 6.07) is 0. The standard InChI is InChI=1S/C11H22F2N2/c1-10(2,3)15-7-5-14(6-8-15)9-11(4,12)13/h5-9H2,1-4H3. The molecular weight excluding hydrogens is 198 g/mol. The Bertz CT molecular complexity index is 198. The summed E-state index contributed by atoms with van der Waals surface area (Å²) in [7, 11) is 0. The van der Waals surface area contributed by atoms with Crippen LogP contribution in [0.5, 0.6) is 0 Å². The molecule has 0 radical (unpaired) electrons. The molecular formula is C11H22F2N2. The van der Waals surface area contributed by atoms with Crippen LogP contribution >= 0.6 is 0 Å². The van der Waals surface area contributed by atoms with Crippen molar-refractivity contribution < 1.29 is 8.78 Å². The lowest BCUT2D eigenvalue weighted by Gasteiger charge is -2.42. The van der Waals surface area contributed by atoms with E-state index < -0.39 is 5.92 Å².